The van der Waals surface area contributed by atoms with Gasteiger partial charge in [0, 0.05) is 25.3 Å². The van der Waals surface area contributed by atoms with Gasteiger partial charge in [-0.2, -0.15) is 9.97 Å². The summed E-state index contributed by atoms with van der Waals surface area (Å²) in [5.74, 6) is 0.566. The molecule has 308 valence electrons. The highest BCUT2D eigenvalue weighted by Crippen LogP contribution is 2.55. The predicted octanol–water partition coefficient (Wildman–Crippen LogP) is 7.22. The molecule has 15 nitrogen and oxygen atoms in total. The number of alkyl halides is 1. The van der Waals surface area contributed by atoms with Crippen LogP contribution in [0.25, 0.3) is 22.2 Å². The number of ether oxygens (including phenoxy) is 1. The molecule has 0 aliphatic heterocycles. The van der Waals surface area contributed by atoms with Gasteiger partial charge in [-0.15, -0.1) is 0 Å². The summed E-state index contributed by atoms with van der Waals surface area (Å²) in [6, 6.07) is 2.47. The predicted molar refractivity (Wildman–Crippen MR) is 213 cm³/mol. The molecule has 3 aliphatic rings. The molecule has 16 heteroatoms. The lowest BCUT2D eigenvalue weighted by molar-refractivity contribution is 0.132. The van der Waals surface area contributed by atoms with Crippen molar-refractivity contribution in [2.75, 3.05) is 13.2 Å². The minimum atomic E-state index is -1.18. The number of halogens is 1. The fourth-order valence-corrected chi connectivity index (χ4v) is 7.25. The normalized spacial score (nSPS) is 18.8. The van der Waals surface area contributed by atoms with Crippen LogP contribution in [0.4, 0.5) is 4.39 Å². The average molecular weight is 793 g/mol. The van der Waals surface area contributed by atoms with Crippen molar-refractivity contribution in [3.8, 4) is 12.0 Å². The van der Waals surface area contributed by atoms with E-state index < -0.39 is 22.5 Å². The van der Waals surface area contributed by atoms with Gasteiger partial charge in [0.05, 0.1) is 11.4 Å². The van der Waals surface area contributed by atoms with E-state index in [1.807, 2.05) is 6.92 Å². The van der Waals surface area contributed by atoms with E-state index in [1.165, 1.54) is 25.0 Å². The summed E-state index contributed by atoms with van der Waals surface area (Å²) in [6.45, 7) is 9.10. The molecule has 0 atom stereocenters. The summed E-state index contributed by atoms with van der Waals surface area (Å²) in [6.07, 6.45) is 13.2. The molecular weight excluding hydrogens is 739 g/mol. The minimum absolute atomic E-state index is 0.00609. The van der Waals surface area contributed by atoms with Crippen LogP contribution in [-0.4, -0.2) is 50.2 Å². The number of nitrogens with zero attached hydrogens (tertiary/aromatic N) is 4. The Kier molecular flexibility index (Phi) is 13.5. The summed E-state index contributed by atoms with van der Waals surface area (Å²) in [5.41, 5.74) is 0.262. The average Bonchev–Trinajstić information content (AvgIpc) is 3.92. The van der Waals surface area contributed by atoms with Crippen molar-refractivity contribution in [1.82, 2.24) is 19.9 Å². The summed E-state index contributed by atoms with van der Waals surface area (Å²) in [4.78, 5) is 72.9. The van der Waals surface area contributed by atoms with E-state index in [4.69, 9.17) is 23.2 Å². The number of hydrogen-bond donors (Lipinski definition) is 2. The van der Waals surface area contributed by atoms with Crippen LogP contribution >= 0.6 is 0 Å². The van der Waals surface area contributed by atoms with Crippen LogP contribution in [-0.2, 0) is 17.6 Å². The van der Waals surface area contributed by atoms with Crippen molar-refractivity contribution < 1.29 is 27.6 Å². The zero-order chi connectivity index (χ0) is 40.6. The Bertz CT molecular complexity index is 2310. The van der Waals surface area contributed by atoms with Gasteiger partial charge in [-0.05, 0) is 126 Å². The van der Waals surface area contributed by atoms with Gasteiger partial charge >= 0.3 is 23.3 Å². The van der Waals surface area contributed by atoms with E-state index in [9.17, 15) is 23.6 Å². The molecular formula is C41H53FN6O9. The second-order valence-corrected chi connectivity index (χ2v) is 16.2. The SMILES string of the molecule is CC(C)CCCc1cc(=O)oc2nc(ON=C3CCC4(CC3)CC4)[nH]c(=O)c12.CCCOCCCc1cc(=O)oc2nc(ON=C3CCC(C)(F)CC3)[nH]c(=O)c12. The molecule has 0 unspecified atom stereocenters. The molecule has 0 aromatic carbocycles. The fourth-order valence-electron chi connectivity index (χ4n) is 7.25. The largest absolute Gasteiger partial charge is 0.403 e. The number of H-pyrrole nitrogens is 2. The maximum Gasteiger partial charge on any atom is 0.337 e. The second kappa shape index (κ2) is 18.5. The maximum absolute atomic E-state index is 13.9. The maximum atomic E-state index is 13.9. The first-order valence-electron chi connectivity index (χ1n) is 20.2. The quantitative estimate of drug-likeness (QED) is 0.0964. The molecule has 0 amide bonds. The van der Waals surface area contributed by atoms with Crippen LogP contribution in [0.15, 0.2) is 50.5 Å². The number of aromatic nitrogens is 4. The van der Waals surface area contributed by atoms with Gasteiger partial charge in [-0.1, -0.05) is 37.5 Å². The molecule has 0 bridgehead atoms. The van der Waals surface area contributed by atoms with Crippen LogP contribution in [0.1, 0.15) is 129 Å². The molecule has 4 aromatic heterocycles. The summed E-state index contributed by atoms with van der Waals surface area (Å²) >= 11 is 0. The lowest BCUT2D eigenvalue weighted by atomic mass is 9.85. The second-order valence-electron chi connectivity index (χ2n) is 16.2. The number of nitrogens with one attached hydrogen (secondary N) is 2. The smallest absolute Gasteiger partial charge is 0.337 e. The van der Waals surface area contributed by atoms with Gasteiger partial charge in [0.1, 0.15) is 16.4 Å². The van der Waals surface area contributed by atoms with Crippen LogP contribution < -0.4 is 32.0 Å². The molecule has 3 aliphatic carbocycles. The standard InChI is InChI=1S/C21H27N3O4.C20H26FN3O5/c1-13(2)4-3-5-14-12-16(25)27-19-17(14)18(26)22-20(23-19)28-24-15-6-8-21(9-7-15)10-11-21;1-3-10-27-11-4-5-13-12-15(25)28-18-16(13)17(26)22-19(23-18)29-24-14-6-8-20(2,21)9-7-14/h12-13H,3-11H2,1-2H3,(H,22,23,26);12H,3-11H2,1-2H3,(H,22,23,26). The van der Waals surface area contributed by atoms with Crippen molar-refractivity contribution >= 4 is 33.6 Å². The minimum Gasteiger partial charge on any atom is -0.403 e. The zero-order valence-electron chi connectivity index (χ0n) is 33.3. The third kappa shape index (κ3) is 11.5. The van der Waals surface area contributed by atoms with Crippen molar-refractivity contribution in [2.45, 2.75) is 136 Å². The molecule has 4 heterocycles. The first kappa shape index (κ1) is 41.6. The van der Waals surface area contributed by atoms with Crippen molar-refractivity contribution in [3.05, 3.63) is 64.8 Å². The topological polar surface area (TPSA) is 204 Å². The number of hydrogen-bond acceptors (Lipinski definition) is 13. The highest BCUT2D eigenvalue weighted by molar-refractivity contribution is 5.85. The Morgan fingerprint density at radius 3 is 1.72 bits per heavy atom. The monoisotopic (exact) mass is 792 g/mol. The Morgan fingerprint density at radius 2 is 1.25 bits per heavy atom. The van der Waals surface area contributed by atoms with E-state index in [-0.39, 0.29) is 34.4 Å². The van der Waals surface area contributed by atoms with Gasteiger partial charge in [0.25, 0.3) is 11.1 Å². The Morgan fingerprint density at radius 1 is 0.754 bits per heavy atom. The highest BCUT2D eigenvalue weighted by atomic mass is 19.1. The molecule has 7 rings (SSSR count). The Hall–Kier alpha value is -4.99. The molecule has 2 N–H and O–H groups in total. The number of aromatic amines is 2. The van der Waals surface area contributed by atoms with Gasteiger partial charge < -0.3 is 23.2 Å². The Balaban J connectivity index is 0.000000193. The van der Waals surface area contributed by atoms with Gasteiger partial charge in [0.15, 0.2) is 0 Å². The van der Waals surface area contributed by atoms with Crippen molar-refractivity contribution in [3.63, 3.8) is 0 Å². The molecule has 0 saturated heterocycles. The molecule has 1 spiro atoms. The number of oxime groups is 2. The van der Waals surface area contributed by atoms with Crippen molar-refractivity contribution in [1.29, 1.82) is 0 Å². The molecule has 3 fully saturated rings. The van der Waals surface area contributed by atoms with Gasteiger partial charge in [-0.25, -0.2) is 14.0 Å². The van der Waals surface area contributed by atoms with E-state index in [0.29, 0.717) is 91.7 Å². The number of aryl methyl sites for hydroxylation is 2. The van der Waals surface area contributed by atoms with Crippen LogP contribution in [0.2, 0.25) is 0 Å². The van der Waals surface area contributed by atoms with E-state index in [1.54, 1.807) is 6.92 Å². The summed E-state index contributed by atoms with van der Waals surface area (Å²) in [5, 5.41) is 8.67. The highest BCUT2D eigenvalue weighted by Gasteiger charge is 2.44. The molecule has 3 saturated carbocycles. The van der Waals surface area contributed by atoms with Crippen LogP contribution in [0.5, 0.6) is 12.0 Å². The van der Waals surface area contributed by atoms with E-state index >= 15 is 0 Å². The lowest BCUT2D eigenvalue weighted by Gasteiger charge is -2.25. The van der Waals surface area contributed by atoms with Gasteiger partial charge in [-0.3, -0.25) is 19.6 Å². The zero-order valence-corrected chi connectivity index (χ0v) is 33.3. The van der Waals surface area contributed by atoms with E-state index in [2.05, 4.69) is 44.1 Å². The summed E-state index contributed by atoms with van der Waals surface area (Å²) in [7, 11) is 0. The van der Waals surface area contributed by atoms with E-state index in [0.717, 1.165) is 50.7 Å². The fraction of sp³-hybridized carbons (Fsp3) is 0.610. The number of fused-ring (bicyclic) bond motifs is 2. The third-order valence-corrected chi connectivity index (χ3v) is 10.9. The van der Waals surface area contributed by atoms with Crippen LogP contribution in [0.3, 0.4) is 0 Å². The molecule has 0 radical (unpaired) electrons. The first-order chi connectivity index (χ1) is 27.3. The Labute approximate surface area is 328 Å². The molecule has 4 aromatic rings. The lowest BCUT2D eigenvalue weighted by Crippen LogP contribution is -2.26. The third-order valence-electron chi connectivity index (χ3n) is 10.9. The first-order valence-corrected chi connectivity index (χ1v) is 20.2. The molecule has 57 heavy (non-hydrogen) atoms. The summed E-state index contributed by atoms with van der Waals surface area (Å²) < 4.78 is 29.5. The van der Waals surface area contributed by atoms with Crippen LogP contribution in [0, 0.1) is 11.3 Å². The van der Waals surface area contributed by atoms with Gasteiger partial charge in [0.2, 0.25) is 11.4 Å². The van der Waals surface area contributed by atoms with Crippen molar-refractivity contribution in [2.24, 2.45) is 21.6 Å². The number of rotatable bonds is 14.